The Labute approximate surface area is 118 Å². The Morgan fingerprint density at radius 1 is 1.35 bits per heavy atom. The lowest BCUT2D eigenvalue weighted by molar-refractivity contribution is 0.0950. The fourth-order valence-electron chi connectivity index (χ4n) is 1.60. The summed E-state index contributed by atoms with van der Waals surface area (Å²) in [6.45, 7) is 0.618. The van der Waals surface area contributed by atoms with Crippen LogP contribution in [-0.2, 0) is 10.0 Å². The van der Waals surface area contributed by atoms with Crippen molar-refractivity contribution in [3.63, 3.8) is 0 Å². The Hall–Kier alpha value is -1.80. The van der Waals surface area contributed by atoms with Gasteiger partial charge in [-0.25, -0.2) is 13.1 Å². The number of benzene rings is 1. The standard InChI is InChI=1S/C12H19N3O4S/c1-19-11-9(5-3-6-10(11)13)12(16)14-7-4-8-15-20(2,17)18/h3,5-6,15H,4,7-8,13H2,1-2H3,(H,14,16). The summed E-state index contributed by atoms with van der Waals surface area (Å²) < 4.78 is 29.1. The number of nitrogen functional groups attached to an aromatic ring is 1. The van der Waals surface area contributed by atoms with Crippen molar-refractivity contribution in [2.45, 2.75) is 6.42 Å². The minimum absolute atomic E-state index is 0.271. The first-order valence-electron chi connectivity index (χ1n) is 6.00. The second-order valence-electron chi connectivity index (χ2n) is 4.20. The molecule has 4 N–H and O–H groups in total. The molecule has 0 aliphatic carbocycles. The number of hydrogen-bond acceptors (Lipinski definition) is 5. The Morgan fingerprint density at radius 2 is 2.05 bits per heavy atom. The molecule has 0 saturated carbocycles. The molecule has 0 aliphatic heterocycles. The third kappa shape index (κ3) is 5.06. The first-order valence-corrected chi connectivity index (χ1v) is 7.89. The highest BCUT2D eigenvalue weighted by atomic mass is 32.2. The van der Waals surface area contributed by atoms with Crippen molar-refractivity contribution in [1.82, 2.24) is 10.0 Å². The normalized spacial score (nSPS) is 11.1. The Kier molecular flexibility index (Phi) is 5.78. The maximum Gasteiger partial charge on any atom is 0.255 e. The number of sulfonamides is 1. The summed E-state index contributed by atoms with van der Waals surface area (Å²) >= 11 is 0. The Morgan fingerprint density at radius 3 is 2.65 bits per heavy atom. The molecular formula is C12H19N3O4S. The molecule has 0 aromatic heterocycles. The molecular weight excluding hydrogens is 282 g/mol. The van der Waals surface area contributed by atoms with Gasteiger partial charge in [0.25, 0.3) is 5.91 Å². The number of para-hydroxylation sites is 1. The molecule has 0 fully saturated rings. The van der Waals surface area contributed by atoms with Crippen LogP contribution in [0.4, 0.5) is 5.69 Å². The molecule has 0 bridgehead atoms. The molecule has 20 heavy (non-hydrogen) atoms. The molecule has 8 heteroatoms. The molecule has 112 valence electrons. The maximum absolute atomic E-state index is 12.0. The predicted octanol–water partition coefficient (Wildman–Crippen LogP) is -0.0535. The van der Waals surface area contributed by atoms with Gasteiger partial charge in [0.15, 0.2) is 5.75 Å². The molecule has 1 aromatic rings. The van der Waals surface area contributed by atoms with E-state index < -0.39 is 10.0 Å². The van der Waals surface area contributed by atoms with Crippen LogP contribution < -0.4 is 20.5 Å². The SMILES string of the molecule is COc1c(N)cccc1C(=O)NCCCNS(C)(=O)=O. The lowest BCUT2D eigenvalue weighted by Crippen LogP contribution is -2.29. The van der Waals surface area contributed by atoms with E-state index in [9.17, 15) is 13.2 Å². The first kappa shape index (κ1) is 16.3. The maximum atomic E-state index is 12.0. The molecule has 0 heterocycles. The highest BCUT2D eigenvalue weighted by molar-refractivity contribution is 7.88. The lowest BCUT2D eigenvalue weighted by atomic mass is 10.1. The molecule has 0 radical (unpaired) electrons. The van der Waals surface area contributed by atoms with Crippen LogP contribution >= 0.6 is 0 Å². The van der Waals surface area contributed by atoms with Gasteiger partial charge in [0.05, 0.1) is 24.6 Å². The average molecular weight is 301 g/mol. The van der Waals surface area contributed by atoms with Crippen LogP contribution in [0.1, 0.15) is 16.8 Å². The highest BCUT2D eigenvalue weighted by Crippen LogP contribution is 2.25. The van der Waals surface area contributed by atoms with Crippen LogP contribution in [-0.4, -0.2) is 40.8 Å². The second kappa shape index (κ2) is 7.11. The van der Waals surface area contributed by atoms with Crippen LogP contribution in [0.2, 0.25) is 0 Å². The summed E-state index contributed by atoms with van der Waals surface area (Å²) in [5, 5.41) is 2.68. The summed E-state index contributed by atoms with van der Waals surface area (Å²) in [5.41, 5.74) is 6.45. The van der Waals surface area contributed by atoms with Gasteiger partial charge in [0.1, 0.15) is 0 Å². The van der Waals surface area contributed by atoms with E-state index in [1.165, 1.54) is 7.11 Å². The number of methoxy groups -OCH3 is 1. The van der Waals surface area contributed by atoms with Crippen LogP contribution in [0.5, 0.6) is 5.75 Å². The van der Waals surface area contributed by atoms with E-state index >= 15 is 0 Å². The van der Waals surface area contributed by atoms with Crippen LogP contribution in [0, 0.1) is 0 Å². The second-order valence-corrected chi connectivity index (χ2v) is 6.04. The number of nitrogens with one attached hydrogen (secondary N) is 2. The first-order chi connectivity index (χ1) is 9.35. The summed E-state index contributed by atoms with van der Waals surface area (Å²) in [6, 6.07) is 4.92. The number of anilines is 1. The van der Waals surface area contributed by atoms with Crippen LogP contribution in [0.3, 0.4) is 0 Å². The predicted molar refractivity (Wildman–Crippen MR) is 77.2 cm³/mol. The number of rotatable bonds is 7. The number of amides is 1. The quantitative estimate of drug-likeness (QED) is 0.483. The molecule has 1 amide bonds. The molecule has 7 nitrogen and oxygen atoms in total. The van der Waals surface area contributed by atoms with E-state index in [1.807, 2.05) is 0 Å². The van der Waals surface area contributed by atoms with Crippen molar-refractivity contribution < 1.29 is 17.9 Å². The molecule has 0 unspecified atom stereocenters. The Bertz CT molecular complexity index is 572. The van der Waals surface area contributed by atoms with Crippen LogP contribution in [0.15, 0.2) is 18.2 Å². The molecule has 0 saturated heterocycles. The van der Waals surface area contributed by atoms with Gasteiger partial charge < -0.3 is 15.8 Å². The van der Waals surface area contributed by atoms with Crippen molar-refractivity contribution in [1.29, 1.82) is 0 Å². The zero-order chi connectivity index (χ0) is 15.2. The monoisotopic (exact) mass is 301 g/mol. The van der Waals surface area contributed by atoms with Crippen molar-refractivity contribution >= 4 is 21.6 Å². The zero-order valence-corrected chi connectivity index (χ0v) is 12.3. The van der Waals surface area contributed by atoms with Crippen LogP contribution in [0.25, 0.3) is 0 Å². The number of carbonyl (C=O) groups excluding carboxylic acids is 1. The number of nitrogens with two attached hydrogens (primary N) is 1. The zero-order valence-electron chi connectivity index (χ0n) is 11.5. The van der Waals surface area contributed by atoms with Gasteiger partial charge >= 0.3 is 0 Å². The molecule has 1 aromatic carbocycles. The number of ether oxygens (including phenoxy) is 1. The van der Waals surface area contributed by atoms with Crippen molar-refractivity contribution in [3.05, 3.63) is 23.8 Å². The minimum Gasteiger partial charge on any atom is -0.494 e. The number of hydrogen-bond donors (Lipinski definition) is 3. The number of carbonyl (C=O) groups is 1. The van der Waals surface area contributed by atoms with E-state index in [4.69, 9.17) is 10.5 Å². The summed E-state index contributed by atoms with van der Waals surface area (Å²) in [5.74, 6) is 0.0211. The summed E-state index contributed by atoms with van der Waals surface area (Å²) in [6.07, 6.45) is 1.58. The topological polar surface area (TPSA) is 111 Å². The largest absolute Gasteiger partial charge is 0.494 e. The third-order valence-corrected chi connectivity index (χ3v) is 3.23. The van der Waals surface area contributed by atoms with E-state index in [0.29, 0.717) is 30.0 Å². The van der Waals surface area contributed by atoms with E-state index in [-0.39, 0.29) is 12.5 Å². The van der Waals surface area contributed by atoms with Crippen molar-refractivity contribution in [3.8, 4) is 5.75 Å². The van der Waals surface area contributed by atoms with Gasteiger partial charge in [-0.05, 0) is 18.6 Å². The van der Waals surface area contributed by atoms with Gasteiger partial charge in [-0.2, -0.15) is 0 Å². The van der Waals surface area contributed by atoms with E-state index in [2.05, 4.69) is 10.0 Å². The minimum atomic E-state index is -3.19. The third-order valence-electron chi connectivity index (χ3n) is 2.50. The summed E-state index contributed by atoms with van der Waals surface area (Å²) in [7, 11) is -1.75. The van der Waals surface area contributed by atoms with Gasteiger partial charge in [-0.3, -0.25) is 4.79 Å². The lowest BCUT2D eigenvalue weighted by Gasteiger charge is -2.11. The van der Waals surface area contributed by atoms with Crippen molar-refractivity contribution in [2.75, 3.05) is 32.2 Å². The van der Waals surface area contributed by atoms with Gasteiger partial charge in [-0.15, -0.1) is 0 Å². The van der Waals surface area contributed by atoms with E-state index in [1.54, 1.807) is 18.2 Å². The van der Waals surface area contributed by atoms with Gasteiger partial charge in [0, 0.05) is 13.1 Å². The smallest absolute Gasteiger partial charge is 0.255 e. The Balaban J connectivity index is 2.50. The molecule has 0 spiro atoms. The molecule has 0 aliphatic rings. The fourth-order valence-corrected chi connectivity index (χ4v) is 2.12. The fraction of sp³-hybridized carbons (Fsp3) is 0.417. The van der Waals surface area contributed by atoms with Gasteiger partial charge in [0.2, 0.25) is 10.0 Å². The molecule has 1 rings (SSSR count). The highest BCUT2D eigenvalue weighted by Gasteiger charge is 2.13. The summed E-state index contributed by atoms with van der Waals surface area (Å²) in [4.78, 5) is 12.0. The van der Waals surface area contributed by atoms with Gasteiger partial charge in [-0.1, -0.05) is 6.07 Å². The average Bonchev–Trinajstić information content (AvgIpc) is 2.36. The van der Waals surface area contributed by atoms with Crippen molar-refractivity contribution in [2.24, 2.45) is 0 Å². The molecule has 0 atom stereocenters. The van der Waals surface area contributed by atoms with E-state index in [0.717, 1.165) is 6.26 Å².